The lowest BCUT2D eigenvalue weighted by atomic mass is 9.82. The van der Waals surface area contributed by atoms with Crippen LogP contribution >= 0.6 is 0 Å². The smallest absolute Gasteiger partial charge is 0.265 e. The summed E-state index contributed by atoms with van der Waals surface area (Å²) in [5.41, 5.74) is 0. The second kappa shape index (κ2) is 6.13. The Kier molecular flexibility index (Phi) is 5.12. The average Bonchev–Trinajstić information content (AvgIpc) is 2.26. The minimum absolute atomic E-state index is 0.0685. The van der Waals surface area contributed by atoms with Gasteiger partial charge in [0.15, 0.2) is 0 Å². The maximum absolute atomic E-state index is 12.0. The zero-order chi connectivity index (χ0) is 12.1. The van der Waals surface area contributed by atoms with Crippen molar-refractivity contribution >= 4 is 5.91 Å². The second-order valence-corrected chi connectivity index (χ2v) is 4.60. The summed E-state index contributed by atoms with van der Waals surface area (Å²) in [7, 11) is 0. The Morgan fingerprint density at radius 3 is 2.44 bits per heavy atom. The van der Waals surface area contributed by atoms with Gasteiger partial charge in [-0.3, -0.25) is 4.79 Å². The van der Waals surface area contributed by atoms with Crippen molar-refractivity contribution in [3.8, 4) is 0 Å². The molecule has 0 bridgehead atoms. The Balaban J connectivity index is 2.25. The van der Waals surface area contributed by atoms with Crippen LogP contribution in [0.3, 0.4) is 0 Å². The Hall–Kier alpha value is -0.710. The summed E-state index contributed by atoms with van der Waals surface area (Å²) in [5.74, 6) is 0.378. The van der Waals surface area contributed by atoms with E-state index in [0.29, 0.717) is 5.92 Å². The minimum atomic E-state index is -2.80. The normalized spacial score (nSPS) is 27.8. The molecule has 0 aliphatic heterocycles. The summed E-state index contributed by atoms with van der Waals surface area (Å²) in [6.45, 7) is 1.79. The molecule has 1 saturated carbocycles. The molecule has 1 unspecified atom stereocenters. The van der Waals surface area contributed by atoms with Crippen LogP contribution in [0, 0.1) is 11.8 Å². The van der Waals surface area contributed by atoms with Crippen LogP contribution in [-0.4, -0.2) is 30.1 Å². The fourth-order valence-corrected chi connectivity index (χ4v) is 1.96. The third kappa shape index (κ3) is 4.04. The van der Waals surface area contributed by atoms with Gasteiger partial charge in [-0.2, -0.15) is 0 Å². The number of rotatable bonds is 4. The monoisotopic (exact) mass is 235 g/mol. The number of amides is 1. The van der Waals surface area contributed by atoms with E-state index in [1.54, 1.807) is 0 Å². The van der Waals surface area contributed by atoms with Crippen molar-refractivity contribution in [2.45, 2.75) is 45.1 Å². The molecular formula is C11H19F2NO2. The fraction of sp³-hybridized carbons (Fsp3) is 0.909. The van der Waals surface area contributed by atoms with Gasteiger partial charge in [-0.05, 0) is 31.6 Å². The van der Waals surface area contributed by atoms with Crippen molar-refractivity contribution in [3.63, 3.8) is 0 Å². The number of aliphatic hydroxyl groups excluding tert-OH is 1. The molecule has 16 heavy (non-hydrogen) atoms. The molecule has 1 rings (SSSR count). The van der Waals surface area contributed by atoms with Crippen molar-refractivity contribution in [2.75, 3.05) is 6.54 Å². The highest BCUT2D eigenvalue weighted by molar-refractivity contribution is 5.78. The van der Waals surface area contributed by atoms with Crippen molar-refractivity contribution in [1.29, 1.82) is 0 Å². The van der Waals surface area contributed by atoms with Crippen molar-refractivity contribution in [2.24, 2.45) is 11.8 Å². The van der Waals surface area contributed by atoms with E-state index in [0.717, 1.165) is 25.7 Å². The highest BCUT2D eigenvalue weighted by Gasteiger charge is 2.25. The van der Waals surface area contributed by atoms with Crippen molar-refractivity contribution < 1.29 is 18.7 Å². The molecule has 0 aromatic carbocycles. The molecule has 0 saturated heterocycles. The van der Waals surface area contributed by atoms with Gasteiger partial charge in [0.2, 0.25) is 5.91 Å². The Bertz CT molecular complexity index is 228. The molecule has 3 nitrogen and oxygen atoms in total. The minimum Gasteiger partial charge on any atom is -0.385 e. The van der Waals surface area contributed by atoms with Crippen LogP contribution in [0.15, 0.2) is 0 Å². The first-order valence-electron chi connectivity index (χ1n) is 5.74. The molecule has 2 N–H and O–H groups in total. The van der Waals surface area contributed by atoms with Crippen LogP contribution in [0.5, 0.6) is 0 Å². The zero-order valence-corrected chi connectivity index (χ0v) is 9.46. The lowest BCUT2D eigenvalue weighted by molar-refractivity contribution is -0.127. The summed E-state index contributed by atoms with van der Waals surface area (Å²) < 4.78 is 23.9. The predicted octanol–water partition coefficient (Wildman–Crippen LogP) is 1.55. The molecule has 1 fully saturated rings. The molecule has 1 aliphatic rings. The van der Waals surface area contributed by atoms with Crippen molar-refractivity contribution in [1.82, 2.24) is 5.32 Å². The molecule has 94 valence electrons. The largest absolute Gasteiger partial charge is 0.385 e. The number of nitrogens with one attached hydrogen (secondary N) is 1. The number of hydrogen-bond donors (Lipinski definition) is 2. The van der Waals surface area contributed by atoms with Crippen LogP contribution in [-0.2, 0) is 4.79 Å². The number of carbonyl (C=O) groups excluding carboxylic acids is 1. The van der Waals surface area contributed by atoms with Crippen LogP contribution in [0.25, 0.3) is 0 Å². The number of carbonyl (C=O) groups is 1. The topological polar surface area (TPSA) is 49.3 Å². The van der Waals surface area contributed by atoms with E-state index in [-0.39, 0.29) is 18.4 Å². The number of hydrogen-bond acceptors (Lipinski definition) is 2. The van der Waals surface area contributed by atoms with Gasteiger partial charge >= 0.3 is 0 Å². The SMILES string of the molecule is CC1CCC(C(=O)NCC(O)C(F)F)CC1. The Morgan fingerprint density at radius 1 is 1.38 bits per heavy atom. The lowest BCUT2D eigenvalue weighted by Crippen LogP contribution is -2.39. The van der Waals surface area contributed by atoms with Gasteiger partial charge in [0.1, 0.15) is 6.10 Å². The molecular weight excluding hydrogens is 216 g/mol. The van der Waals surface area contributed by atoms with E-state index in [9.17, 15) is 13.6 Å². The van der Waals surface area contributed by atoms with E-state index < -0.39 is 12.5 Å². The lowest BCUT2D eigenvalue weighted by Gasteiger charge is -2.25. The third-order valence-electron chi connectivity index (χ3n) is 3.16. The van der Waals surface area contributed by atoms with Crippen LogP contribution in [0.1, 0.15) is 32.6 Å². The van der Waals surface area contributed by atoms with Gasteiger partial charge in [0, 0.05) is 12.5 Å². The maximum atomic E-state index is 12.0. The highest BCUT2D eigenvalue weighted by Crippen LogP contribution is 2.28. The van der Waals surface area contributed by atoms with Crippen LogP contribution < -0.4 is 5.32 Å². The molecule has 0 heterocycles. The van der Waals surface area contributed by atoms with Gasteiger partial charge in [0.05, 0.1) is 0 Å². The first-order valence-corrected chi connectivity index (χ1v) is 5.74. The first kappa shape index (κ1) is 13.4. The maximum Gasteiger partial charge on any atom is 0.265 e. The Morgan fingerprint density at radius 2 is 1.94 bits per heavy atom. The van der Waals surface area contributed by atoms with E-state index >= 15 is 0 Å². The quantitative estimate of drug-likeness (QED) is 0.776. The second-order valence-electron chi connectivity index (χ2n) is 4.60. The van der Waals surface area contributed by atoms with E-state index in [1.807, 2.05) is 0 Å². The standard InChI is InChI=1S/C11H19F2NO2/c1-7-2-4-8(5-3-7)11(16)14-6-9(15)10(12)13/h7-10,15H,2-6H2,1H3,(H,14,16). The summed E-state index contributed by atoms with van der Waals surface area (Å²) in [6.07, 6.45) is -0.904. The summed E-state index contributed by atoms with van der Waals surface area (Å²) >= 11 is 0. The number of aliphatic hydroxyl groups is 1. The molecule has 1 amide bonds. The molecule has 5 heteroatoms. The summed E-state index contributed by atoms with van der Waals surface area (Å²) in [5, 5.41) is 11.2. The number of alkyl halides is 2. The molecule has 0 radical (unpaired) electrons. The molecule has 0 aromatic heterocycles. The molecule has 0 aromatic rings. The van der Waals surface area contributed by atoms with Gasteiger partial charge in [-0.15, -0.1) is 0 Å². The molecule has 1 aliphatic carbocycles. The van der Waals surface area contributed by atoms with E-state index in [2.05, 4.69) is 12.2 Å². The summed E-state index contributed by atoms with van der Waals surface area (Å²) in [6, 6.07) is 0. The fourth-order valence-electron chi connectivity index (χ4n) is 1.96. The predicted molar refractivity (Wildman–Crippen MR) is 56.1 cm³/mol. The van der Waals surface area contributed by atoms with Gasteiger partial charge < -0.3 is 10.4 Å². The average molecular weight is 235 g/mol. The van der Waals surface area contributed by atoms with Crippen molar-refractivity contribution in [3.05, 3.63) is 0 Å². The molecule has 1 atom stereocenters. The zero-order valence-electron chi connectivity index (χ0n) is 9.46. The van der Waals surface area contributed by atoms with Crippen LogP contribution in [0.4, 0.5) is 8.78 Å². The molecule has 0 spiro atoms. The van der Waals surface area contributed by atoms with E-state index in [1.165, 1.54) is 0 Å². The van der Waals surface area contributed by atoms with Crippen LogP contribution in [0.2, 0.25) is 0 Å². The first-order chi connectivity index (χ1) is 7.50. The summed E-state index contributed by atoms with van der Waals surface area (Å²) in [4.78, 5) is 11.6. The highest BCUT2D eigenvalue weighted by atomic mass is 19.3. The number of halogens is 2. The third-order valence-corrected chi connectivity index (χ3v) is 3.16. The van der Waals surface area contributed by atoms with Gasteiger partial charge in [-0.25, -0.2) is 8.78 Å². The van der Waals surface area contributed by atoms with Gasteiger partial charge in [0.25, 0.3) is 6.43 Å². The Labute approximate surface area is 94.2 Å². The van der Waals surface area contributed by atoms with Gasteiger partial charge in [-0.1, -0.05) is 6.92 Å². The van der Waals surface area contributed by atoms with E-state index in [4.69, 9.17) is 5.11 Å².